The largest absolute Gasteiger partial charge is 0.306 e. The third-order valence-electron chi connectivity index (χ3n) is 1.27. The van der Waals surface area contributed by atoms with E-state index in [-0.39, 0.29) is 0 Å². The van der Waals surface area contributed by atoms with Crippen molar-refractivity contribution in [2.24, 2.45) is 0 Å². The molecular formula is C7H11NO+. The average molecular weight is 125 g/mol. The van der Waals surface area contributed by atoms with Crippen LogP contribution in [0.5, 0.6) is 0 Å². The van der Waals surface area contributed by atoms with E-state index in [1.165, 1.54) is 12.8 Å². The van der Waals surface area contributed by atoms with Gasteiger partial charge in [-0.15, -0.1) is 0 Å². The van der Waals surface area contributed by atoms with Gasteiger partial charge in [-0.25, -0.2) is 0 Å². The summed E-state index contributed by atoms with van der Waals surface area (Å²) in [5.41, 5.74) is 0. The maximum absolute atomic E-state index is 4.89. The highest BCUT2D eigenvalue weighted by atomic mass is 16.6. The van der Waals surface area contributed by atoms with Gasteiger partial charge in [0.25, 0.3) is 5.16 Å². The predicted molar refractivity (Wildman–Crippen MR) is 36.9 cm³/mol. The summed E-state index contributed by atoms with van der Waals surface area (Å²) in [6, 6.07) is 0. The first-order chi connectivity index (χ1) is 4.43. The molecule has 2 nitrogen and oxygen atoms in total. The minimum Gasteiger partial charge on any atom is -0.176 e. The molecule has 0 aromatic carbocycles. The molecule has 0 atom stereocenters. The van der Waals surface area contributed by atoms with E-state index >= 15 is 0 Å². The van der Waals surface area contributed by atoms with Gasteiger partial charge >= 0.3 is 6.21 Å². The van der Waals surface area contributed by atoms with E-state index in [1.54, 1.807) is 6.21 Å². The molecular weight excluding hydrogens is 114 g/mol. The second-order valence-corrected chi connectivity index (χ2v) is 2.08. The van der Waals surface area contributed by atoms with Gasteiger partial charge in [-0.05, 0) is 6.42 Å². The van der Waals surface area contributed by atoms with Gasteiger partial charge in [0.1, 0.15) is 0 Å². The molecule has 0 saturated carbocycles. The molecule has 0 spiro atoms. The Labute approximate surface area is 55.2 Å². The van der Waals surface area contributed by atoms with E-state index in [0.29, 0.717) is 0 Å². The van der Waals surface area contributed by atoms with Gasteiger partial charge in [-0.1, -0.05) is 13.3 Å². The normalized spacial score (nSPS) is 15.4. The van der Waals surface area contributed by atoms with Gasteiger partial charge in [0.2, 0.25) is 0 Å². The zero-order valence-electron chi connectivity index (χ0n) is 5.63. The molecule has 0 unspecified atom stereocenters. The lowest BCUT2D eigenvalue weighted by atomic mass is 10.2. The molecule has 9 heavy (non-hydrogen) atoms. The molecule has 2 heteroatoms. The Hall–Kier alpha value is -0.790. The zero-order chi connectivity index (χ0) is 6.53. The maximum atomic E-state index is 4.89. The number of hydrogen-bond donors (Lipinski definition) is 0. The first-order valence-electron chi connectivity index (χ1n) is 3.33. The van der Waals surface area contributed by atoms with Crippen molar-refractivity contribution >= 4 is 6.21 Å². The van der Waals surface area contributed by atoms with Crippen molar-refractivity contribution in [3.63, 3.8) is 0 Å². The van der Waals surface area contributed by atoms with Crippen LogP contribution in [-0.4, -0.2) is 6.21 Å². The highest BCUT2D eigenvalue weighted by Gasteiger charge is 2.09. The molecule has 0 N–H and O–H groups in total. The fourth-order valence-electron chi connectivity index (χ4n) is 0.722. The van der Waals surface area contributed by atoms with Crippen LogP contribution in [0.3, 0.4) is 0 Å². The Kier molecular flexibility index (Phi) is 2.31. The lowest BCUT2D eigenvalue weighted by molar-refractivity contribution is 0.176. The van der Waals surface area contributed by atoms with Crippen molar-refractivity contribution in [1.29, 1.82) is 0 Å². The topological polar surface area (TPSA) is 23.3 Å². The molecule has 1 rings (SSSR count). The summed E-state index contributed by atoms with van der Waals surface area (Å²) >= 11 is 0. The highest BCUT2D eigenvalue weighted by Crippen LogP contribution is 2.07. The maximum Gasteiger partial charge on any atom is 0.306 e. The third kappa shape index (κ3) is 1.88. The first kappa shape index (κ1) is 6.33. The molecule has 1 radical (unpaired) electrons. The minimum atomic E-state index is 0.997. The molecule has 0 bridgehead atoms. The second kappa shape index (κ2) is 3.28. The van der Waals surface area contributed by atoms with E-state index in [0.717, 1.165) is 12.2 Å². The van der Waals surface area contributed by atoms with E-state index in [1.807, 2.05) is 6.08 Å². The van der Waals surface area contributed by atoms with Crippen LogP contribution in [0.1, 0.15) is 26.2 Å². The van der Waals surface area contributed by atoms with Crippen LogP contribution >= 0.6 is 0 Å². The number of oxime groups is 1. The number of hydrogen-bond acceptors (Lipinski definition) is 2. The fourth-order valence-corrected chi connectivity index (χ4v) is 0.722. The Morgan fingerprint density at radius 1 is 1.67 bits per heavy atom. The molecule has 1 aliphatic heterocycles. The van der Waals surface area contributed by atoms with Crippen LogP contribution in [0, 0.1) is 0 Å². The summed E-state index contributed by atoms with van der Waals surface area (Å²) in [6.45, 7) is 2.16. The number of allylic oxidation sites excluding steroid dienone is 2. The van der Waals surface area contributed by atoms with Crippen molar-refractivity contribution in [2.45, 2.75) is 26.2 Å². The SMILES string of the molecule is CCCCC1=CC=[N+]O1. The third-order valence-corrected chi connectivity index (χ3v) is 1.27. The summed E-state index contributed by atoms with van der Waals surface area (Å²) < 4.78 is 0. The molecule has 0 saturated heterocycles. The van der Waals surface area contributed by atoms with Crippen LogP contribution in [0.25, 0.3) is 0 Å². The number of unbranched alkanes of at least 4 members (excludes halogenated alkanes) is 1. The van der Waals surface area contributed by atoms with Gasteiger partial charge in [0.05, 0.1) is 6.08 Å². The number of nitrogens with zero attached hydrogens (tertiary/aromatic N) is 1. The van der Waals surface area contributed by atoms with Gasteiger partial charge in [-0.2, -0.15) is 4.84 Å². The molecule has 0 amide bonds. The highest BCUT2D eigenvalue weighted by molar-refractivity contribution is 5.71. The fraction of sp³-hybridized carbons (Fsp3) is 0.571. The molecule has 0 aromatic rings. The first-order valence-corrected chi connectivity index (χ1v) is 3.33. The molecule has 0 aromatic heterocycles. The van der Waals surface area contributed by atoms with Gasteiger partial charge < -0.3 is 0 Å². The molecule has 49 valence electrons. The predicted octanol–water partition coefficient (Wildman–Crippen LogP) is 1.41. The minimum absolute atomic E-state index is 0.997. The summed E-state index contributed by atoms with van der Waals surface area (Å²) in [6.07, 6.45) is 7.02. The van der Waals surface area contributed by atoms with Crippen molar-refractivity contribution in [1.82, 2.24) is 5.16 Å². The van der Waals surface area contributed by atoms with Gasteiger partial charge in [0, 0.05) is 6.42 Å². The van der Waals surface area contributed by atoms with Crippen LogP contribution in [0.2, 0.25) is 0 Å². The lowest BCUT2D eigenvalue weighted by Gasteiger charge is -1.89. The van der Waals surface area contributed by atoms with Crippen molar-refractivity contribution in [3.05, 3.63) is 11.8 Å². The van der Waals surface area contributed by atoms with Crippen LogP contribution in [-0.2, 0) is 4.84 Å². The Bertz CT molecular complexity index is 138. The van der Waals surface area contributed by atoms with Crippen molar-refractivity contribution in [3.8, 4) is 0 Å². The van der Waals surface area contributed by atoms with Crippen LogP contribution in [0.4, 0.5) is 0 Å². The second-order valence-electron chi connectivity index (χ2n) is 2.08. The van der Waals surface area contributed by atoms with Gasteiger partial charge in [0.15, 0.2) is 5.76 Å². The van der Waals surface area contributed by atoms with E-state index in [4.69, 9.17) is 4.84 Å². The monoisotopic (exact) mass is 125 g/mol. The quantitative estimate of drug-likeness (QED) is 0.559. The van der Waals surface area contributed by atoms with E-state index in [2.05, 4.69) is 12.1 Å². The summed E-state index contributed by atoms with van der Waals surface area (Å²) in [7, 11) is 0. The lowest BCUT2D eigenvalue weighted by Crippen LogP contribution is -1.86. The van der Waals surface area contributed by atoms with Crippen molar-refractivity contribution < 1.29 is 4.84 Å². The average Bonchev–Trinajstić information content (AvgIpc) is 2.34. The summed E-state index contributed by atoms with van der Waals surface area (Å²) in [5.74, 6) is 0.997. The standard InChI is InChI=1S/C7H11NO/c1-2-3-4-7-5-6-8-9-7/h5-6H,2-4H2,1H3/q+1. The van der Waals surface area contributed by atoms with Crippen molar-refractivity contribution in [2.75, 3.05) is 0 Å². The van der Waals surface area contributed by atoms with Crippen LogP contribution in [0.15, 0.2) is 11.8 Å². The summed E-state index contributed by atoms with van der Waals surface area (Å²) in [4.78, 5) is 4.89. The molecule has 1 aliphatic rings. The zero-order valence-corrected chi connectivity index (χ0v) is 5.63. The molecule has 0 aliphatic carbocycles. The smallest absolute Gasteiger partial charge is 0.176 e. The van der Waals surface area contributed by atoms with Crippen LogP contribution < -0.4 is 5.16 Å². The Morgan fingerprint density at radius 3 is 3.11 bits per heavy atom. The Balaban J connectivity index is 2.14. The van der Waals surface area contributed by atoms with E-state index < -0.39 is 0 Å². The Morgan fingerprint density at radius 2 is 2.56 bits per heavy atom. The number of rotatable bonds is 3. The van der Waals surface area contributed by atoms with E-state index in [9.17, 15) is 0 Å². The molecule has 1 heterocycles. The molecule has 0 fully saturated rings. The van der Waals surface area contributed by atoms with Gasteiger partial charge in [-0.3, -0.25) is 0 Å². The summed E-state index contributed by atoms with van der Waals surface area (Å²) in [5, 5.41) is 3.60.